The number of piperidine rings is 1. The molecule has 2 aliphatic rings. The molecule has 1 amide bonds. The van der Waals surface area contributed by atoms with Crippen LogP contribution in [0.25, 0.3) is 0 Å². The number of hydrogen-bond acceptors (Lipinski definition) is 3. The van der Waals surface area contributed by atoms with Gasteiger partial charge in [-0.2, -0.15) is 0 Å². The third kappa shape index (κ3) is 3.69. The van der Waals surface area contributed by atoms with Crippen molar-refractivity contribution < 1.29 is 9.53 Å². The predicted molar refractivity (Wildman–Crippen MR) is 71.3 cm³/mol. The highest BCUT2D eigenvalue weighted by atomic mass is 16.5. The maximum Gasteiger partial charge on any atom is 0.224 e. The standard InChI is InChI=1S/C14H26N2O2/c1-10-3-4-13(9-15-10)14(17)16-11(2)12-5-7-18-8-6-12/h10-13,15H,3-9H2,1-2H3,(H,16,17). The van der Waals surface area contributed by atoms with Gasteiger partial charge in [-0.1, -0.05) is 0 Å². The summed E-state index contributed by atoms with van der Waals surface area (Å²) in [5.74, 6) is 0.968. The number of ether oxygens (including phenoxy) is 1. The Kier molecular flexibility index (Phi) is 5.01. The zero-order valence-electron chi connectivity index (χ0n) is 11.6. The lowest BCUT2D eigenvalue weighted by molar-refractivity contribution is -0.126. The average molecular weight is 254 g/mol. The van der Waals surface area contributed by atoms with Crippen LogP contribution in [0.4, 0.5) is 0 Å². The van der Waals surface area contributed by atoms with Gasteiger partial charge in [-0.05, 0) is 45.4 Å². The maximum absolute atomic E-state index is 12.2. The number of amides is 1. The number of rotatable bonds is 3. The second-order valence-electron chi connectivity index (χ2n) is 5.83. The van der Waals surface area contributed by atoms with Crippen molar-refractivity contribution in [1.29, 1.82) is 0 Å². The molecule has 18 heavy (non-hydrogen) atoms. The molecule has 3 atom stereocenters. The SMILES string of the molecule is CC1CCC(C(=O)NC(C)C2CCOCC2)CN1. The van der Waals surface area contributed by atoms with Crippen LogP contribution >= 0.6 is 0 Å². The fraction of sp³-hybridized carbons (Fsp3) is 0.929. The number of nitrogens with one attached hydrogen (secondary N) is 2. The first kappa shape index (κ1) is 13.8. The second-order valence-corrected chi connectivity index (χ2v) is 5.83. The van der Waals surface area contributed by atoms with Gasteiger partial charge in [-0.3, -0.25) is 4.79 Å². The number of carbonyl (C=O) groups excluding carboxylic acids is 1. The van der Waals surface area contributed by atoms with Gasteiger partial charge in [-0.25, -0.2) is 0 Å². The Balaban J connectivity index is 1.75. The van der Waals surface area contributed by atoms with E-state index < -0.39 is 0 Å². The van der Waals surface area contributed by atoms with Crippen LogP contribution < -0.4 is 10.6 Å². The van der Waals surface area contributed by atoms with Gasteiger partial charge in [0.05, 0.1) is 5.92 Å². The van der Waals surface area contributed by atoms with Gasteiger partial charge < -0.3 is 15.4 Å². The molecule has 4 nitrogen and oxygen atoms in total. The summed E-state index contributed by atoms with van der Waals surface area (Å²) < 4.78 is 5.36. The molecular formula is C14H26N2O2. The summed E-state index contributed by atoms with van der Waals surface area (Å²) in [5.41, 5.74) is 0. The first-order chi connectivity index (χ1) is 8.66. The van der Waals surface area contributed by atoms with Crippen molar-refractivity contribution >= 4 is 5.91 Å². The van der Waals surface area contributed by atoms with Crippen LogP contribution in [0.5, 0.6) is 0 Å². The van der Waals surface area contributed by atoms with Crippen molar-refractivity contribution in [3.05, 3.63) is 0 Å². The molecule has 4 heteroatoms. The normalized spacial score (nSPS) is 31.9. The van der Waals surface area contributed by atoms with Gasteiger partial charge >= 0.3 is 0 Å². The van der Waals surface area contributed by atoms with Crippen LogP contribution in [0.1, 0.15) is 39.5 Å². The zero-order valence-corrected chi connectivity index (χ0v) is 11.6. The minimum absolute atomic E-state index is 0.156. The summed E-state index contributed by atoms with van der Waals surface area (Å²) in [6.45, 7) is 6.82. The Morgan fingerprint density at radius 3 is 2.61 bits per heavy atom. The van der Waals surface area contributed by atoms with Crippen LogP contribution in [0, 0.1) is 11.8 Å². The van der Waals surface area contributed by atoms with E-state index in [2.05, 4.69) is 24.5 Å². The van der Waals surface area contributed by atoms with Crippen molar-refractivity contribution in [2.24, 2.45) is 11.8 Å². The Bertz CT molecular complexity index is 269. The quantitative estimate of drug-likeness (QED) is 0.798. The molecule has 2 heterocycles. The summed E-state index contributed by atoms with van der Waals surface area (Å²) in [5, 5.41) is 6.58. The lowest BCUT2D eigenvalue weighted by Crippen LogP contribution is -2.48. The van der Waals surface area contributed by atoms with Gasteiger partial charge in [-0.15, -0.1) is 0 Å². The molecule has 0 radical (unpaired) electrons. The molecule has 3 unspecified atom stereocenters. The van der Waals surface area contributed by atoms with Crippen molar-refractivity contribution in [2.75, 3.05) is 19.8 Å². The lowest BCUT2D eigenvalue weighted by atomic mass is 9.91. The Morgan fingerprint density at radius 1 is 1.28 bits per heavy atom. The third-order valence-corrected chi connectivity index (χ3v) is 4.37. The average Bonchev–Trinajstić information content (AvgIpc) is 2.40. The van der Waals surface area contributed by atoms with E-state index in [1.165, 1.54) is 0 Å². The topological polar surface area (TPSA) is 50.4 Å². The molecule has 2 fully saturated rings. The largest absolute Gasteiger partial charge is 0.381 e. The molecule has 0 spiro atoms. The minimum atomic E-state index is 0.156. The van der Waals surface area contributed by atoms with E-state index in [-0.39, 0.29) is 17.9 Å². The van der Waals surface area contributed by atoms with E-state index in [9.17, 15) is 4.79 Å². The first-order valence-corrected chi connectivity index (χ1v) is 7.28. The summed E-state index contributed by atoms with van der Waals surface area (Å²) in [6, 6.07) is 0.836. The van der Waals surface area contributed by atoms with Gasteiger partial charge in [0.1, 0.15) is 0 Å². The molecule has 2 aliphatic heterocycles. The van der Waals surface area contributed by atoms with Crippen LogP contribution in [0.15, 0.2) is 0 Å². The molecule has 2 N–H and O–H groups in total. The number of hydrogen-bond donors (Lipinski definition) is 2. The van der Waals surface area contributed by atoms with E-state index in [0.29, 0.717) is 12.0 Å². The van der Waals surface area contributed by atoms with Crippen molar-refractivity contribution in [3.8, 4) is 0 Å². The van der Waals surface area contributed by atoms with Gasteiger partial charge in [0, 0.05) is 31.8 Å². The smallest absolute Gasteiger partial charge is 0.224 e. The van der Waals surface area contributed by atoms with Gasteiger partial charge in [0.25, 0.3) is 0 Å². The monoisotopic (exact) mass is 254 g/mol. The van der Waals surface area contributed by atoms with Crippen LogP contribution in [0.3, 0.4) is 0 Å². The van der Waals surface area contributed by atoms with E-state index in [0.717, 1.165) is 45.4 Å². The Labute approximate surface area is 110 Å². The Hall–Kier alpha value is -0.610. The molecule has 2 saturated heterocycles. The van der Waals surface area contributed by atoms with Crippen molar-refractivity contribution in [3.63, 3.8) is 0 Å². The molecule has 0 aliphatic carbocycles. The fourth-order valence-electron chi connectivity index (χ4n) is 2.90. The molecule has 0 aromatic carbocycles. The van der Waals surface area contributed by atoms with E-state index in [4.69, 9.17) is 4.74 Å². The highest BCUT2D eigenvalue weighted by Gasteiger charge is 2.27. The summed E-state index contributed by atoms with van der Waals surface area (Å²) in [4.78, 5) is 12.2. The molecule has 104 valence electrons. The second kappa shape index (κ2) is 6.53. The van der Waals surface area contributed by atoms with Crippen LogP contribution in [-0.4, -0.2) is 37.7 Å². The molecular weight excluding hydrogens is 228 g/mol. The molecule has 0 bridgehead atoms. The molecule has 2 rings (SSSR count). The van der Waals surface area contributed by atoms with Crippen molar-refractivity contribution in [1.82, 2.24) is 10.6 Å². The minimum Gasteiger partial charge on any atom is -0.381 e. The maximum atomic E-state index is 12.2. The van der Waals surface area contributed by atoms with E-state index >= 15 is 0 Å². The van der Waals surface area contributed by atoms with Crippen LogP contribution in [-0.2, 0) is 9.53 Å². The Morgan fingerprint density at radius 2 is 2.00 bits per heavy atom. The molecule has 0 aromatic rings. The highest BCUT2D eigenvalue weighted by Crippen LogP contribution is 2.20. The molecule has 0 aromatic heterocycles. The number of carbonyl (C=O) groups is 1. The summed E-state index contributed by atoms with van der Waals surface area (Å²) in [7, 11) is 0. The molecule has 0 saturated carbocycles. The van der Waals surface area contributed by atoms with Crippen LogP contribution in [0.2, 0.25) is 0 Å². The zero-order chi connectivity index (χ0) is 13.0. The van der Waals surface area contributed by atoms with E-state index in [1.807, 2.05) is 0 Å². The lowest BCUT2D eigenvalue weighted by Gasteiger charge is -2.31. The summed E-state index contributed by atoms with van der Waals surface area (Å²) >= 11 is 0. The van der Waals surface area contributed by atoms with Crippen molar-refractivity contribution in [2.45, 2.75) is 51.6 Å². The van der Waals surface area contributed by atoms with E-state index in [1.54, 1.807) is 0 Å². The third-order valence-electron chi connectivity index (χ3n) is 4.37. The first-order valence-electron chi connectivity index (χ1n) is 7.28. The fourth-order valence-corrected chi connectivity index (χ4v) is 2.90. The predicted octanol–water partition coefficient (Wildman–Crippen LogP) is 1.31. The van der Waals surface area contributed by atoms with Gasteiger partial charge in [0.15, 0.2) is 0 Å². The van der Waals surface area contributed by atoms with Gasteiger partial charge in [0.2, 0.25) is 5.91 Å². The summed E-state index contributed by atoms with van der Waals surface area (Å²) in [6.07, 6.45) is 4.26. The highest BCUT2D eigenvalue weighted by molar-refractivity contribution is 5.79.